The molecule has 0 N–H and O–H groups in total. The largest absolute Gasteiger partial charge is 0.310 e. The molecular formula is C34H22BrN. The van der Waals surface area contributed by atoms with Crippen LogP contribution in [0.2, 0.25) is 0 Å². The highest BCUT2D eigenvalue weighted by atomic mass is 79.9. The zero-order valence-corrected chi connectivity index (χ0v) is 21.1. The lowest BCUT2D eigenvalue weighted by molar-refractivity contribution is 1.30. The first-order valence-electron chi connectivity index (χ1n) is 12.1. The number of rotatable bonds is 4. The van der Waals surface area contributed by atoms with E-state index in [1.807, 2.05) is 0 Å². The summed E-state index contributed by atoms with van der Waals surface area (Å²) in [7, 11) is 0. The molecule has 1 nitrogen and oxygen atoms in total. The summed E-state index contributed by atoms with van der Waals surface area (Å²) < 4.78 is 1.13. The van der Waals surface area contributed by atoms with Gasteiger partial charge in [-0.3, -0.25) is 0 Å². The summed E-state index contributed by atoms with van der Waals surface area (Å²) in [5.41, 5.74) is 5.87. The Balaban J connectivity index is 1.52. The molecule has 0 aromatic heterocycles. The topological polar surface area (TPSA) is 3.24 Å². The fraction of sp³-hybridized carbons (Fsp3) is 0. The van der Waals surface area contributed by atoms with Crippen LogP contribution >= 0.6 is 15.9 Å². The average Bonchev–Trinajstić information content (AvgIpc) is 2.95. The van der Waals surface area contributed by atoms with Gasteiger partial charge in [-0.2, -0.15) is 0 Å². The van der Waals surface area contributed by atoms with E-state index in [9.17, 15) is 0 Å². The third-order valence-electron chi connectivity index (χ3n) is 7.06. The highest BCUT2D eigenvalue weighted by Gasteiger charge is 2.19. The van der Waals surface area contributed by atoms with Crippen LogP contribution < -0.4 is 4.90 Å². The lowest BCUT2D eigenvalue weighted by Gasteiger charge is -2.28. The molecule has 0 fully saturated rings. The van der Waals surface area contributed by atoms with Gasteiger partial charge in [-0.05, 0) is 74.5 Å². The average molecular weight is 524 g/mol. The second-order valence-electron chi connectivity index (χ2n) is 9.14. The fourth-order valence-corrected chi connectivity index (χ4v) is 5.87. The molecule has 7 rings (SSSR count). The van der Waals surface area contributed by atoms with Crippen molar-refractivity contribution in [3.63, 3.8) is 0 Å². The number of benzene rings is 7. The lowest BCUT2D eigenvalue weighted by atomic mass is 9.93. The third kappa shape index (κ3) is 3.37. The van der Waals surface area contributed by atoms with Gasteiger partial charge in [-0.1, -0.05) is 113 Å². The Labute approximate surface area is 218 Å². The minimum atomic E-state index is 1.13. The maximum Gasteiger partial charge on any atom is 0.0540 e. The summed E-state index contributed by atoms with van der Waals surface area (Å²) in [6.45, 7) is 0. The number of nitrogens with zero attached hydrogens (tertiary/aromatic N) is 1. The van der Waals surface area contributed by atoms with E-state index in [4.69, 9.17) is 0 Å². The molecule has 0 aliphatic rings. The molecule has 0 bridgehead atoms. The smallest absolute Gasteiger partial charge is 0.0540 e. The molecule has 0 saturated heterocycles. The number of para-hydroxylation sites is 1. The van der Waals surface area contributed by atoms with E-state index >= 15 is 0 Å². The van der Waals surface area contributed by atoms with Gasteiger partial charge in [0.25, 0.3) is 0 Å². The van der Waals surface area contributed by atoms with Gasteiger partial charge in [0.1, 0.15) is 0 Å². The molecule has 2 heteroatoms. The van der Waals surface area contributed by atoms with E-state index in [0.717, 1.165) is 15.8 Å². The Morgan fingerprint density at radius 2 is 1.03 bits per heavy atom. The van der Waals surface area contributed by atoms with Gasteiger partial charge in [0.15, 0.2) is 0 Å². The summed E-state index contributed by atoms with van der Waals surface area (Å²) in [6, 6.07) is 47.9. The Hall–Kier alpha value is -4.14. The number of anilines is 3. The van der Waals surface area contributed by atoms with Crippen molar-refractivity contribution in [3.8, 4) is 11.1 Å². The predicted octanol–water partition coefficient (Wildman–Crippen LogP) is 10.5. The van der Waals surface area contributed by atoms with Gasteiger partial charge in [0, 0.05) is 21.2 Å². The van der Waals surface area contributed by atoms with Crippen molar-refractivity contribution >= 4 is 65.3 Å². The molecule has 0 radical (unpaired) electrons. The SMILES string of the molecule is Brc1ccc2ccc3c(N(c4ccccc4)c4cccc(-c5ccccc5)c4)ccc4ccc1c2c43. The van der Waals surface area contributed by atoms with Crippen molar-refractivity contribution < 1.29 is 0 Å². The molecule has 0 spiro atoms. The molecular weight excluding hydrogens is 502 g/mol. The minimum absolute atomic E-state index is 1.13. The molecule has 0 unspecified atom stereocenters. The van der Waals surface area contributed by atoms with Crippen LogP contribution in [-0.4, -0.2) is 0 Å². The second-order valence-corrected chi connectivity index (χ2v) is 10.00. The van der Waals surface area contributed by atoms with Crippen LogP contribution in [-0.2, 0) is 0 Å². The molecule has 0 saturated carbocycles. The molecule has 0 aliphatic carbocycles. The fourth-order valence-electron chi connectivity index (χ4n) is 5.40. The van der Waals surface area contributed by atoms with E-state index < -0.39 is 0 Å². The van der Waals surface area contributed by atoms with Crippen LogP contribution in [0, 0.1) is 0 Å². The van der Waals surface area contributed by atoms with Gasteiger partial charge < -0.3 is 4.90 Å². The summed E-state index contributed by atoms with van der Waals surface area (Å²) in [6.07, 6.45) is 0. The highest BCUT2D eigenvalue weighted by Crippen LogP contribution is 2.45. The molecule has 7 aromatic carbocycles. The molecule has 170 valence electrons. The molecule has 36 heavy (non-hydrogen) atoms. The first kappa shape index (κ1) is 21.2. The van der Waals surface area contributed by atoms with Crippen molar-refractivity contribution in [1.29, 1.82) is 0 Å². The zero-order valence-electron chi connectivity index (χ0n) is 19.5. The minimum Gasteiger partial charge on any atom is -0.310 e. The Kier molecular flexibility index (Phi) is 5.00. The summed E-state index contributed by atoms with van der Waals surface area (Å²) in [5, 5.41) is 7.64. The monoisotopic (exact) mass is 523 g/mol. The van der Waals surface area contributed by atoms with Gasteiger partial charge in [0.2, 0.25) is 0 Å². The van der Waals surface area contributed by atoms with Gasteiger partial charge in [0.05, 0.1) is 5.69 Å². The van der Waals surface area contributed by atoms with Crippen molar-refractivity contribution in [3.05, 3.63) is 138 Å². The number of hydrogen-bond donors (Lipinski definition) is 0. The second kappa shape index (κ2) is 8.51. The van der Waals surface area contributed by atoms with Crippen LogP contribution in [0.3, 0.4) is 0 Å². The standard InChI is InChI=1S/C34H22BrN/c35-31-20-16-24-15-19-30-32(21-17-25-14-18-29(31)33(24)34(25)30)36(27-11-5-2-6-12-27)28-13-7-10-26(22-28)23-8-3-1-4-9-23/h1-22H. The Bertz CT molecular complexity index is 1840. The first-order valence-corrected chi connectivity index (χ1v) is 12.9. The van der Waals surface area contributed by atoms with Crippen molar-refractivity contribution in [1.82, 2.24) is 0 Å². The van der Waals surface area contributed by atoms with E-state index in [1.54, 1.807) is 0 Å². The Morgan fingerprint density at radius 3 is 1.81 bits per heavy atom. The maximum absolute atomic E-state index is 3.78. The normalized spacial score (nSPS) is 11.5. The number of hydrogen-bond acceptors (Lipinski definition) is 1. The van der Waals surface area contributed by atoms with Crippen LogP contribution in [0.25, 0.3) is 43.4 Å². The molecule has 7 aromatic rings. The molecule has 0 atom stereocenters. The molecule has 0 aliphatic heterocycles. The van der Waals surface area contributed by atoms with Gasteiger partial charge in [-0.25, -0.2) is 0 Å². The summed E-state index contributed by atoms with van der Waals surface area (Å²) in [4.78, 5) is 2.38. The summed E-state index contributed by atoms with van der Waals surface area (Å²) in [5.74, 6) is 0. The van der Waals surface area contributed by atoms with E-state index in [0.29, 0.717) is 0 Å². The highest BCUT2D eigenvalue weighted by molar-refractivity contribution is 9.10. The van der Waals surface area contributed by atoms with Gasteiger partial charge >= 0.3 is 0 Å². The maximum atomic E-state index is 3.78. The quantitative estimate of drug-likeness (QED) is 0.207. The number of halogens is 1. The third-order valence-corrected chi connectivity index (χ3v) is 7.75. The van der Waals surface area contributed by atoms with E-state index in [1.165, 1.54) is 49.1 Å². The van der Waals surface area contributed by atoms with Crippen LogP contribution in [0.15, 0.2) is 138 Å². The zero-order chi connectivity index (χ0) is 24.1. The van der Waals surface area contributed by atoms with E-state index in [2.05, 4.69) is 154 Å². The predicted molar refractivity (Wildman–Crippen MR) is 158 cm³/mol. The van der Waals surface area contributed by atoms with Crippen LogP contribution in [0.4, 0.5) is 17.1 Å². The van der Waals surface area contributed by atoms with Crippen molar-refractivity contribution in [2.75, 3.05) is 4.90 Å². The van der Waals surface area contributed by atoms with Crippen LogP contribution in [0.1, 0.15) is 0 Å². The van der Waals surface area contributed by atoms with Crippen molar-refractivity contribution in [2.24, 2.45) is 0 Å². The van der Waals surface area contributed by atoms with Crippen molar-refractivity contribution in [2.45, 2.75) is 0 Å². The van der Waals surface area contributed by atoms with E-state index in [-0.39, 0.29) is 0 Å². The van der Waals surface area contributed by atoms with Crippen LogP contribution in [0.5, 0.6) is 0 Å². The first-order chi connectivity index (χ1) is 17.8. The molecule has 0 heterocycles. The summed E-state index contributed by atoms with van der Waals surface area (Å²) >= 11 is 3.78. The molecule has 0 amide bonds. The van der Waals surface area contributed by atoms with Gasteiger partial charge in [-0.15, -0.1) is 0 Å². The lowest BCUT2D eigenvalue weighted by Crippen LogP contribution is -2.10. The Morgan fingerprint density at radius 1 is 0.444 bits per heavy atom.